The Hall–Kier alpha value is -2.62. The van der Waals surface area contributed by atoms with E-state index in [1.807, 2.05) is 11.0 Å². The molecular weight excluding hydrogens is 346 g/mol. The van der Waals surface area contributed by atoms with Crippen LogP contribution in [0.3, 0.4) is 0 Å². The summed E-state index contributed by atoms with van der Waals surface area (Å²) in [4.78, 5) is 19.9. The Morgan fingerprint density at radius 2 is 1.79 bits per heavy atom. The lowest BCUT2D eigenvalue weighted by Gasteiger charge is -2.21. The van der Waals surface area contributed by atoms with Gasteiger partial charge in [0.05, 0.1) is 11.0 Å². The molecule has 0 N–H and O–H groups in total. The van der Waals surface area contributed by atoms with Gasteiger partial charge in [-0.15, -0.1) is 0 Å². The minimum atomic E-state index is 0.139. The van der Waals surface area contributed by atoms with Gasteiger partial charge in [-0.2, -0.15) is 0 Å². The number of unbranched alkanes of at least 4 members (excludes halogenated alkanes) is 2. The summed E-state index contributed by atoms with van der Waals surface area (Å²) in [5.41, 5.74) is 5.61. The van der Waals surface area contributed by atoms with E-state index in [-0.39, 0.29) is 11.8 Å². The Morgan fingerprint density at radius 3 is 2.54 bits per heavy atom. The first kappa shape index (κ1) is 18.7. The fourth-order valence-electron chi connectivity index (χ4n) is 4.49. The van der Waals surface area contributed by atoms with Gasteiger partial charge in [0.25, 0.3) is 0 Å². The fraction of sp³-hybridized carbons (Fsp3) is 0.417. The maximum absolute atomic E-state index is 12.9. The highest BCUT2D eigenvalue weighted by molar-refractivity contribution is 5.98. The SMILES string of the molecule is CCCCCn1c(C2CC(=O)N(c3c(C)cccc3C)C2)nc2ccccc21. The second kappa shape index (κ2) is 7.78. The molecule has 28 heavy (non-hydrogen) atoms. The molecule has 0 bridgehead atoms. The number of rotatable bonds is 6. The van der Waals surface area contributed by atoms with Crippen molar-refractivity contribution in [3.8, 4) is 0 Å². The van der Waals surface area contributed by atoms with Crippen molar-refractivity contribution in [2.45, 2.75) is 58.9 Å². The summed E-state index contributed by atoms with van der Waals surface area (Å²) < 4.78 is 2.36. The van der Waals surface area contributed by atoms with Crippen LogP contribution in [0, 0.1) is 13.8 Å². The quantitative estimate of drug-likeness (QED) is 0.544. The molecule has 1 amide bonds. The molecule has 146 valence electrons. The van der Waals surface area contributed by atoms with Crippen molar-refractivity contribution in [2.24, 2.45) is 0 Å². The average Bonchev–Trinajstić information content (AvgIpc) is 3.23. The first-order valence-electron chi connectivity index (χ1n) is 10.4. The summed E-state index contributed by atoms with van der Waals surface area (Å²) in [5, 5.41) is 0. The average molecular weight is 376 g/mol. The lowest BCUT2D eigenvalue weighted by atomic mass is 10.1. The van der Waals surface area contributed by atoms with E-state index >= 15 is 0 Å². The Labute approximate surface area is 167 Å². The van der Waals surface area contributed by atoms with E-state index in [4.69, 9.17) is 4.98 Å². The number of aromatic nitrogens is 2. The zero-order valence-electron chi connectivity index (χ0n) is 17.1. The van der Waals surface area contributed by atoms with Crippen LogP contribution in [0.4, 0.5) is 5.69 Å². The van der Waals surface area contributed by atoms with Crippen molar-refractivity contribution in [3.63, 3.8) is 0 Å². The van der Waals surface area contributed by atoms with Crippen LogP contribution < -0.4 is 4.90 Å². The molecule has 0 radical (unpaired) electrons. The highest BCUT2D eigenvalue weighted by atomic mass is 16.2. The molecule has 2 heterocycles. The molecule has 1 aliphatic rings. The van der Waals surface area contributed by atoms with Gasteiger partial charge < -0.3 is 9.47 Å². The molecule has 4 rings (SSSR count). The third-order valence-electron chi connectivity index (χ3n) is 5.87. The van der Waals surface area contributed by atoms with Crippen LogP contribution >= 0.6 is 0 Å². The summed E-state index contributed by atoms with van der Waals surface area (Å²) in [6, 6.07) is 14.6. The Morgan fingerprint density at radius 1 is 1.04 bits per heavy atom. The summed E-state index contributed by atoms with van der Waals surface area (Å²) in [6.45, 7) is 8.08. The van der Waals surface area contributed by atoms with Crippen LogP contribution in [0.15, 0.2) is 42.5 Å². The Kier molecular flexibility index (Phi) is 5.21. The van der Waals surface area contributed by atoms with E-state index in [2.05, 4.69) is 61.7 Å². The molecule has 1 aliphatic heterocycles. The van der Waals surface area contributed by atoms with Crippen LogP contribution in [-0.4, -0.2) is 22.0 Å². The van der Waals surface area contributed by atoms with E-state index in [9.17, 15) is 4.79 Å². The number of benzene rings is 2. The van der Waals surface area contributed by atoms with Crippen LogP contribution in [-0.2, 0) is 11.3 Å². The highest BCUT2D eigenvalue weighted by Gasteiger charge is 2.35. The minimum Gasteiger partial charge on any atom is -0.328 e. The molecule has 4 heteroatoms. The van der Waals surface area contributed by atoms with Crippen LogP contribution in [0.25, 0.3) is 11.0 Å². The van der Waals surface area contributed by atoms with Crippen molar-refractivity contribution in [3.05, 3.63) is 59.4 Å². The second-order valence-corrected chi connectivity index (χ2v) is 7.96. The lowest BCUT2D eigenvalue weighted by Crippen LogP contribution is -2.26. The number of nitrogens with zero attached hydrogens (tertiary/aromatic N) is 3. The number of aryl methyl sites for hydroxylation is 3. The van der Waals surface area contributed by atoms with Gasteiger partial charge in [0, 0.05) is 31.1 Å². The Bertz CT molecular complexity index is 984. The summed E-state index contributed by atoms with van der Waals surface area (Å²) in [7, 11) is 0. The largest absolute Gasteiger partial charge is 0.328 e. The number of imidazole rings is 1. The van der Waals surface area contributed by atoms with Gasteiger partial charge in [-0.3, -0.25) is 4.79 Å². The molecule has 1 saturated heterocycles. The minimum absolute atomic E-state index is 0.139. The smallest absolute Gasteiger partial charge is 0.227 e. The van der Waals surface area contributed by atoms with E-state index in [1.165, 1.54) is 18.4 Å². The molecular formula is C24H29N3O. The summed E-state index contributed by atoms with van der Waals surface area (Å²) in [5.74, 6) is 1.41. The molecule has 0 saturated carbocycles. The first-order chi connectivity index (χ1) is 13.6. The van der Waals surface area contributed by atoms with Crippen LogP contribution in [0.1, 0.15) is 55.5 Å². The van der Waals surface area contributed by atoms with Gasteiger partial charge in [0.2, 0.25) is 5.91 Å². The summed E-state index contributed by atoms with van der Waals surface area (Å²) in [6.07, 6.45) is 4.09. The maximum Gasteiger partial charge on any atom is 0.227 e. The number of hydrogen-bond acceptors (Lipinski definition) is 2. The molecule has 1 atom stereocenters. The summed E-state index contributed by atoms with van der Waals surface area (Å²) >= 11 is 0. The van der Waals surface area contributed by atoms with Crippen molar-refractivity contribution in [1.29, 1.82) is 0 Å². The van der Waals surface area contributed by atoms with E-state index in [0.29, 0.717) is 13.0 Å². The third-order valence-corrected chi connectivity index (χ3v) is 5.87. The van der Waals surface area contributed by atoms with Crippen molar-refractivity contribution >= 4 is 22.6 Å². The number of carbonyl (C=O) groups is 1. The van der Waals surface area contributed by atoms with E-state index in [1.54, 1.807) is 0 Å². The number of fused-ring (bicyclic) bond motifs is 1. The number of hydrogen-bond donors (Lipinski definition) is 0. The van der Waals surface area contributed by atoms with Crippen molar-refractivity contribution < 1.29 is 4.79 Å². The monoisotopic (exact) mass is 375 g/mol. The molecule has 4 nitrogen and oxygen atoms in total. The predicted octanol–water partition coefficient (Wildman–Crippen LogP) is 5.36. The zero-order valence-corrected chi connectivity index (χ0v) is 17.1. The second-order valence-electron chi connectivity index (χ2n) is 7.96. The zero-order chi connectivity index (χ0) is 19.7. The molecule has 2 aromatic carbocycles. The molecule has 1 unspecified atom stereocenters. The number of carbonyl (C=O) groups excluding carboxylic acids is 1. The first-order valence-corrected chi connectivity index (χ1v) is 10.4. The van der Waals surface area contributed by atoms with Crippen LogP contribution in [0.2, 0.25) is 0 Å². The third kappa shape index (κ3) is 3.32. The van der Waals surface area contributed by atoms with E-state index < -0.39 is 0 Å². The van der Waals surface area contributed by atoms with E-state index in [0.717, 1.165) is 41.1 Å². The maximum atomic E-state index is 12.9. The van der Waals surface area contributed by atoms with Gasteiger partial charge >= 0.3 is 0 Å². The normalized spacial score (nSPS) is 17.0. The van der Waals surface area contributed by atoms with Gasteiger partial charge in [-0.25, -0.2) is 4.98 Å². The van der Waals surface area contributed by atoms with Gasteiger partial charge in [0.1, 0.15) is 5.82 Å². The highest BCUT2D eigenvalue weighted by Crippen LogP contribution is 2.36. The predicted molar refractivity (Wildman–Crippen MR) is 115 cm³/mol. The van der Waals surface area contributed by atoms with Crippen LogP contribution in [0.5, 0.6) is 0 Å². The van der Waals surface area contributed by atoms with Gasteiger partial charge in [-0.1, -0.05) is 50.1 Å². The molecule has 3 aromatic rings. The standard InChI is InChI=1S/C24H29N3O/c1-4-5-8-14-26-21-13-7-6-12-20(21)25-24(26)19-15-22(28)27(16-19)23-17(2)10-9-11-18(23)3/h6-7,9-13,19H,4-5,8,14-16H2,1-3H3. The molecule has 0 aliphatic carbocycles. The van der Waals surface area contributed by atoms with Crippen molar-refractivity contribution in [1.82, 2.24) is 9.55 Å². The van der Waals surface area contributed by atoms with Crippen molar-refractivity contribution in [2.75, 3.05) is 11.4 Å². The Balaban J connectivity index is 1.69. The molecule has 1 aromatic heterocycles. The molecule has 0 spiro atoms. The van der Waals surface area contributed by atoms with Gasteiger partial charge in [0.15, 0.2) is 0 Å². The van der Waals surface area contributed by atoms with Gasteiger partial charge in [-0.05, 0) is 43.5 Å². The lowest BCUT2D eigenvalue weighted by molar-refractivity contribution is -0.117. The molecule has 1 fully saturated rings. The fourth-order valence-corrected chi connectivity index (χ4v) is 4.49. The topological polar surface area (TPSA) is 38.1 Å². The number of anilines is 1. The number of amides is 1. The number of para-hydroxylation sites is 3.